The molecular weight excluding hydrogens is 250 g/mol. The third-order valence-electron chi connectivity index (χ3n) is 3.63. The van der Waals surface area contributed by atoms with Crippen LogP contribution in [0.1, 0.15) is 33.9 Å². The van der Waals surface area contributed by atoms with Gasteiger partial charge in [0.1, 0.15) is 5.75 Å². The minimum absolute atomic E-state index is 0.582. The number of ether oxygens (including phenoxy) is 1. The van der Waals surface area contributed by atoms with Crippen LogP contribution in [0.4, 0.5) is 0 Å². The van der Waals surface area contributed by atoms with Crippen molar-refractivity contribution in [2.75, 3.05) is 7.11 Å². The summed E-state index contributed by atoms with van der Waals surface area (Å²) < 4.78 is 5.26. The first kappa shape index (κ1) is 14.5. The molecule has 20 heavy (non-hydrogen) atoms. The van der Waals surface area contributed by atoms with Gasteiger partial charge in [0.25, 0.3) is 0 Å². The minimum Gasteiger partial charge on any atom is -0.495 e. The molecule has 1 aromatic heterocycles. The molecule has 2 aromatic rings. The van der Waals surface area contributed by atoms with Crippen molar-refractivity contribution in [3.8, 4) is 5.75 Å². The molecule has 0 radical (unpaired) electrons. The number of methoxy groups -OCH3 is 1. The smallest absolute Gasteiger partial charge is 0.142 e. The van der Waals surface area contributed by atoms with Gasteiger partial charge < -0.3 is 9.84 Å². The van der Waals surface area contributed by atoms with E-state index in [2.05, 4.69) is 37.9 Å². The summed E-state index contributed by atoms with van der Waals surface area (Å²) in [7, 11) is 1.59. The van der Waals surface area contributed by atoms with E-state index in [0.29, 0.717) is 12.2 Å². The fourth-order valence-corrected chi connectivity index (χ4v) is 2.67. The van der Waals surface area contributed by atoms with E-state index < -0.39 is 6.10 Å². The quantitative estimate of drug-likeness (QED) is 0.927. The van der Waals surface area contributed by atoms with Gasteiger partial charge in [-0.25, -0.2) is 0 Å². The summed E-state index contributed by atoms with van der Waals surface area (Å²) in [5.74, 6) is 0.627. The molecule has 0 amide bonds. The molecule has 1 atom stereocenters. The van der Waals surface area contributed by atoms with Crippen LogP contribution in [-0.2, 0) is 6.42 Å². The molecule has 3 heteroatoms. The van der Waals surface area contributed by atoms with Crippen molar-refractivity contribution in [3.63, 3.8) is 0 Å². The van der Waals surface area contributed by atoms with E-state index in [1.54, 1.807) is 19.5 Å². The summed E-state index contributed by atoms with van der Waals surface area (Å²) >= 11 is 0. The van der Waals surface area contributed by atoms with Gasteiger partial charge in [-0.05, 0) is 43.5 Å². The van der Waals surface area contributed by atoms with E-state index in [-0.39, 0.29) is 0 Å². The lowest BCUT2D eigenvalue weighted by Gasteiger charge is -2.17. The number of aliphatic hydroxyl groups is 1. The average molecular weight is 271 g/mol. The van der Waals surface area contributed by atoms with E-state index >= 15 is 0 Å². The van der Waals surface area contributed by atoms with Crippen LogP contribution in [0.3, 0.4) is 0 Å². The third-order valence-corrected chi connectivity index (χ3v) is 3.63. The predicted octanol–water partition coefficient (Wildman–Crippen LogP) is 3.29. The largest absolute Gasteiger partial charge is 0.495 e. The van der Waals surface area contributed by atoms with Gasteiger partial charge in [-0.3, -0.25) is 4.98 Å². The Morgan fingerprint density at radius 3 is 2.45 bits per heavy atom. The topological polar surface area (TPSA) is 42.4 Å². The summed E-state index contributed by atoms with van der Waals surface area (Å²) in [4.78, 5) is 4.02. The van der Waals surface area contributed by atoms with Gasteiger partial charge in [0, 0.05) is 18.2 Å². The first-order valence-electron chi connectivity index (χ1n) is 6.75. The van der Waals surface area contributed by atoms with Crippen molar-refractivity contribution >= 4 is 0 Å². The zero-order valence-electron chi connectivity index (χ0n) is 12.5. The van der Waals surface area contributed by atoms with Gasteiger partial charge in [0.2, 0.25) is 0 Å². The normalized spacial score (nSPS) is 12.2. The highest BCUT2D eigenvalue weighted by Gasteiger charge is 2.16. The van der Waals surface area contributed by atoms with Crippen molar-refractivity contribution in [1.29, 1.82) is 0 Å². The molecule has 0 spiro atoms. The van der Waals surface area contributed by atoms with E-state index in [4.69, 9.17) is 4.74 Å². The van der Waals surface area contributed by atoms with Gasteiger partial charge in [0.05, 0.1) is 19.4 Å². The molecule has 0 aliphatic rings. The molecule has 1 unspecified atom stereocenters. The summed E-state index contributed by atoms with van der Waals surface area (Å²) in [6, 6.07) is 6.11. The Bertz CT molecular complexity index is 585. The maximum Gasteiger partial charge on any atom is 0.142 e. The van der Waals surface area contributed by atoms with Crippen LogP contribution < -0.4 is 4.74 Å². The summed E-state index contributed by atoms with van der Waals surface area (Å²) in [5, 5.41) is 10.5. The van der Waals surface area contributed by atoms with E-state index in [1.165, 1.54) is 22.3 Å². The highest BCUT2D eigenvalue weighted by Crippen LogP contribution is 2.28. The lowest BCUT2D eigenvalue weighted by molar-refractivity contribution is 0.173. The zero-order chi connectivity index (χ0) is 14.7. The highest BCUT2D eigenvalue weighted by atomic mass is 16.5. The van der Waals surface area contributed by atoms with Crippen molar-refractivity contribution in [1.82, 2.24) is 4.98 Å². The van der Waals surface area contributed by atoms with Gasteiger partial charge in [-0.15, -0.1) is 0 Å². The van der Waals surface area contributed by atoms with E-state index in [1.807, 2.05) is 6.07 Å². The SMILES string of the molecule is COc1cnccc1C(O)Cc1c(C)cc(C)cc1C. The second-order valence-electron chi connectivity index (χ2n) is 5.21. The van der Waals surface area contributed by atoms with Gasteiger partial charge in [-0.1, -0.05) is 17.7 Å². The number of hydrogen-bond donors (Lipinski definition) is 1. The number of aryl methyl sites for hydroxylation is 3. The minimum atomic E-state index is -0.590. The number of aliphatic hydroxyl groups excluding tert-OH is 1. The van der Waals surface area contributed by atoms with Crippen molar-refractivity contribution < 1.29 is 9.84 Å². The summed E-state index contributed by atoms with van der Waals surface area (Å²) in [6.45, 7) is 6.27. The van der Waals surface area contributed by atoms with Crippen LogP contribution in [0.15, 0.2) is 30.6 Å². The molecule has 3 nitrogen and oxygen atoms in total. The van der Waals surface area contributed by atoms with Gasteiger partial charge >= 0.3 is 0 Å². The Morgan fingerprint density at radius 1 is 1.20 bits per heavy atom. The number of rotatable bonds is 4. The summed E-state index contributed by atoms with van der Waals surface area (Å²) in [6.07, 6.45) is 3.30. The fraction of sp³-hybridized carbons (Fsp3) is 0.353. The molecule has 0 aliphatic heterocycles. The molecule has 1 N–H and O–H groups in total. The Kier molecular flexibility index (Phi) is 4.40. The molecule has 0 saturated carbocycles. The van der Waals surface area contributed by atoms with Crippen molar-refractivity contribution in [3.05, 3.63) is 58.4 Å². The molecule has 2 rings (SSSR count). The highest BCUT2D eigenvalue weighted by molar-refractivity contribution is 5.40. The molecule has 0 bridgehead atoms. The molecule has 1 heterocycles. The molecule has 0 fully saturated rings. The fourth-order valence-electron chi connectivity index (χ4n) is 2.67. The van der Waals surface area contributed by atoms with Gasteiger partial charge in [0.15, 0.2) is 0 Å². The van der Waals surface area contributed by atoms with Crippen LogP contribution in [-0.4, -0.2) is 17.2 Å². The Morgan fingerprint density at radius 2 is 1.85 bits per heavy atom. The van der Waals surface area contributed by atoms with Crippen molar-refractivity contribution in [2.24, 2.45) is 0 Å². The third kappa shape index (κ3) is 2.99. The summed E-state index contributed by atoms with van der Waals surface area (Å²) in [5.41, 5.74) is 5.66. The lowest BCUT2D eigenvalue weighted by atomic mass is 9.93. The molecule has 1 aromatic carbocycles. The molecule has 106 valence electrons. The number of aromatic nitrogens is 1. The predicted molar refractivity (Wildman–Crippen MR) is 80.1 cm³/mol. The Balaban J connectivity index is 2.30. The number of pyridine rings is 1. The first-order chi connectivity index (χ1) is 9.52. The number of benzene rings is 1. The van der Waals surface area contributed by atoms with Crippen LogP contribution >= 0.6 is 0 Å². The first-order valence-corrected chi connectivity index (χ1v) is 6.75. The maximum absolute atomic E-state index is 10.5. The van der Waals surface area contributed by atoms with Crippen molar-refractivity contribution in [2.45, 2.75) is 33.3 Å². The average Bonchev–Trinajstić information content (AvgIpc) is 2.42. The molecule has 0 aliphatic carbocycles. The Hall–Kier alpha value is -1.87. The van der Waals surface area contributed by atoms with Crippen LogP contribution in [0.25, 0.3) is 0 Å². The molecular formula is C17H21NO2. The van der Waals surface area contributed by atoms with E-state index in [0.717, 1.165) is 5.56 Å². The standard InChI is InChI=1S/C17H21NO2/c1-11-7-12(2)15(13(3)8-11)9-16(19)14-5-6-18-10-17(14)20-4/h5-8,10,16,19H,9H2,1-4H3. The Labute approximate surface area is 120 Å². The van der Waals surface area contributed by atoms with Crippen LogP contribution in [0.2, 0.25) is 0 Å². The number of hydrogen-bond acceptors (Lipinski definition) is 3. The monoisotopic (exact) mass is 271 g/mol. The molecule has 0 saturated heterocycles. The van der Waals surface area contributed by atoms with Crippen LogP contribution in [0, 0.1) is 20.8 Å². The second kappa shape index (κ2) is 6.06. The lowest BCUT2D eigenvalue weighted by Crippen LogP contribution is -2.07. The number of nitrogens with zero attached hydrogens (tertiary/aromatic N) is 1. The second-order valence-corrected chi connectivity index (χ2v) is 5.21. The van der Waals surface area contributed by atoms with Crippen LogP contribution in [0.5, 0.6) is 5.75 Å². The zero-order valence-corrected chi connectivity index (χ0v) is 12.5. The van der Waals surface area contributed by atoms with Gasteiger partial charge in [-0.2, -0.15) is 0 Å². The maximum atomic E-state index is 10.5. The van der Waals surface area contributed by atoms with E-state index in [9.17, 15) is 5.11 Å².